The first kappa shape index (κ1) is 24.1. The third-order valence-corrected chi connectivity index (χ3v) is 8.84. The van der Waals surface area contributed by atoms with Gasteiger partial charge < -0.3 is 4.74 Å². The zero-order chi connectivity index (χ0) is 25.0. The number of ether oxygens (including phenoxy) is 1. The Morgan fingerprint density at radius 3 is 1.43 bits per heavy atom. The lowest BCUT2D eigenvalue weighted by atomic mass is 10.0. The molecule has 0 N–H and O–H groups in total. The van der Waals surface area contributed by atoms with Crippen molar-refractivity contribution in [2.24, 2.45) is 0 Å². The first-order valence-electron chi connectivity index (χ1n) is 10.3. The first-order valence-corrected chi connectivity index (χ1v) is 12.7. The molecular formula is C26H15F6IOS. The van der Waals surface area contributed by atoms with E-state index in [1.165, 1.54) is 12.1 Å². The summed E-state index contributed by atoms with van der Waals surface area (Å²) in [6.07, 6.45) is -9.20. The number of thiol groups is 1. The lowest BCUT2D eigenvalue weighted by Gasteiger charge is -2.20. The highest BCUT2D eigenvalue weighted by atomic mass is 127. The normalized spacial score (nSPS) is 14.0. The van der Waals surface area contributed by atoms with Crippen LogP contribution in [0.2, 0.25) is 0 Å². The molecule has 0 saturated heterocycles. The molecule has 1 heterocycles. The van der Waals surface area contributed by atoms with Crippen molar-refractivity contribution in [3.8, 4) is 22.6 Å². The maximum atomic E-state index is 13.4. The first-order chi connectivity index (χ1) is 16.5. The minimum Gasteiger partial charge on any atom is -0.457 e. The molecule has 0 spiro atoms. The molecule has 0 saturated carbocycles. The van der Waals surface area contributed by atoms with Gasteiger partial charge in [-0.1, -0.05) is 0 Å². The van der Waals surface area contributed by atoms with Gasteiger partial charge in [0.1, 0.15) is 11.5 Å². The molecule has 0 aromatic heterocycles. The molecule has 0 unspecified atom stereocenters. The van der Waals surface area contributed by atoms with Crippen molar-refractivity contribution >= 4 is 33.5 Å². The molecular weight excluding hydrogens is 601 g/mol. The highest BCUT2D eigenvalue weighted by Gasteiger charge is 2.37. The zero-order valence-corrected chi connectivity index (χ0v) is 20.6. The van der Waals surface area contributed by atoms with E-state index in [9.17, 15) is 26.3 Å². The minimum absolute atomic E-state index is 0.186. The van der Waals surface area contributed by atoms with E-state index in [1.807, 2.05) is 36.4 Å². The molecule has 0 amide bonds. The summed E-state index contributed by atoms with van der Waals surface area (Å²) in [5.74, 6) is 1.23. The Morgan fingerprint density at radius 1 is 0.571 bits per heavy atom. The molecule has 4 aromatic rings. The van der Waals surface area contributed by atoms with Gasteiger partial charge in [0.25, 0.3) is 0 Å². The molecule has 4 aromatic carbocycles. The molecule has 0 atom stereocenters. The van der Waals surface area contributed by atoms with E-state index < -0.39 is 34.4 Å². The predicted octanol–water partition coefficient (Wildman–Crippen LogP) is 9.58. The summed E-state index contributed by atoms with van der Waals surface area (Å²) in [5.41, 5.74) is -1.41. The van der Waals surface area contributed by atoms with E-state index in [0.29, 0.717) is 21.3 Å². The predicted molar refractivity (Wildman–Crippen MR) is 131 cm³/mol. The van der Waals surface area contributed by atoms with E-state index in [1.54, 1.807) is 12.1 Å². The van der Waals surface area contributed by atoms with Gasteiger partial charge in [-0.2, -0.15) is 37.2 Å². The number of benzene rings is 4. The molecule has 9 heteroatoms. The monoisotopic (exact) mass is 616 g/mol. The number of hydrogen-bond acceptors (Lipinski definition) is 1. The van der Waals surface area contributed by atoms with Gasteiger partial charge in [0.05, 0.1) is 11.1 Å². The van der Waals surface area contributed by atoms with Crippen LogP contribution < -0.4 is 4.74 Å². The molecule has 0 bridgehead atoms. The second-order valence-corrected chi connectivity index (χ2v) is 11.2. The number of halogens is 7. The summed E-state index contributed by atoms with van der Waals surface area (Å²) < 4.78 is 87.2. The smallest absolute Gasteiger partial charge is 0.416 e. The summed E-state index contributed by atoms with van der Waals surface area (Å²) in [7, 11) is -1.34. The quantitative estimate of drug-likeness (QED) is 0.121. The van der Waals surface area contributed by atoms with Gasteiger partial charge in [0.15, 0.2) is 0 Å². The van der Waals surface area contributed by atoms with Crippen LogP contribution in [0.3, 0.4) is 0 Å². The van der Waals surface area contributed by atoms with Crippen LogP contribution in [-0.4, -0.2) is 0 Å². The van der Waals surface area contributed by atoms with Crippen LogP contribution in [0.4, 0.5) is 26.3 Å². The second kappa shape index (κ2) is 8.77. The van der Waals surface area contributed by atoms with Crippen molar-refractivity contribution in [2.45, 2.75) is 27.0 Å². The van der Waals surface area contributed by atoms with Gasteiger partial charge >= 0.3 is 12.4 Å². The van der Waals surface area contributed by atoms with Crippen molar-refractivity contribution in [1.29, 1.82) is 0 Å². The van der Waals surface area contributed by atoms with Crippen molar-refractivity contribution in [3.05, 3.63) is 99.6 Å². The summed E-state index contributed by atoms with van der Waals surface area (Å²) in [4.78, 5) is 1.98. The maximum Gasteiger partial charge on any atom is 0.416 e. The van der Waals surface area contributed by atoms with Gasteiger partial charge in [-0.05, 0) is 124 Å². The van der Waals surface area contributed by atoms with Crippen molar-refractivity contribution < 1.29 is 31.1 Å². The van der Waals surface area contributed by atoms with Crippen molar-refractivity contribution in [2.75, 3.05) is 0 Å². The molecule has 35 heavy (non-hydrogen) atoms. The molecule has 1 nitrogen and oxygen atoms in total. The number of hydrogen-bond donors (Lipinski definition) is 1. The fourth-order valence-electron chi connectivity index (χ4n) is 3.96. The summed E-state index contributed by atoms with van der Waals surface area (Å²) in [5, 5.41) is 0. The standard InChI is InChI=1S/C26H15F6IOS/c27-25(28,29)15-1-11-23-21(13-15)22-14-16(26(30,31)32)2-12-24(22)35(23)20-9-7-19(8-10-20)34-18-5-3-17(33)4-6-18/h1-14,35H. The Labute approximate surface area is 213 Å². The molecule has 0 radical (unpaired) electrons. The van der Waals surface area contributed by atoms with E-state index in [-0.39, 0.29) is 11.1 Å². The third-order valence-electron chi connectivity index (χ3n) is 5.56. The number of rotatable bonds is 3. The Hall–Kier alpha value is -2.66. The van der Waals surface area contributed by atoms with Crippen molar-refractivity contribution in [1.82, 2.24) is 0 Å². The van der Waals surface area contributed by atoms with E-state index >= 15 is 0 Å². The average Bonchev–Trinajstić information content (AvgIpc) is 3.13. The fourth-order valence-corrected chi connectivity index (χ4v) is 6.88. The third kappa shape index (κ3) is 4.75. The Morgan fingerprint density at radius 2 is 1.00 bits per heavy atom. The van der Waals surface area contributed by atoms with Crippen LogP contribution in [0.25, 0.3) is 11.1 Å². The van der Waals surface area contributed by atoms with Gasteiger partial charge in [-0.25, -0.2) is 0 Å². The second-order valence-electron chi connectivity index (χ2n) is 7.84. The Bertz CT molecular complexity index is 1330. The molecule has 0 fully saturated rings. The highest BCUT2D eigenvalue weighted by Crippen LogP contribution is 2.63. The minimum atomic E-state index is -4.60. The van der Waals surface area contributed by atoms with Gasteiger partial charge in [0, 0.05) is 13.4 Å². The van der Waals surface area contributed by atoms with Crippen LogP contribution in [0.1, 0.15) is 11.1 Å². The summed E-state index contributed by atoms with van der Waals surface area (Å²) in [6, 6.07) is 21.2. The molecule has 0 aliphatic carbocycles. The SMILES string of the molecule is FC(F)(F)c1ccc2c(c1)-c1cc(C(F)(F)F)ccc1[SH]2c1ccc(Oc2ccc(I)cc2)cc1. The number of fused-ring (bicyclic) bond motifs is 3. The van der Waals surface area contributed by atoms with E-state index in [2.05, 4.69) is 22.6 Å². The largest absolute Gasteiger partial charge is 0.457 e. The molecule has 180 valence electrons. The molecule has 1 aliphatic rings. The Kier molecular flexibility index (Phi) is 6.03. The molecule has 5 rings (SSSR count). The van der Waals surface area contributed by atoms with Crippen molar-refractivity contribution in [3.63, 3.8) is 0 Å². The van der Waals surface area contributed by atoms with Crippen LogP contribution in [-0.2, 0) is 12.4 Å². The van der Waals surface area contributed by atoms with Gasteiger partial charge in [-0.15, -0.1) is 0 Å². The number of alkyl halides is 6. The van der Waals surface area contributed by atoms with Crippen LogP contribution in [0.15, 0.2) is 99.6 Å². The summed E-state index contributed by atoms with van der Waals surface area (Å²) in [6.45, 7) is 0. The molecule has 1 aliphatic heterocycles. The summed E-state index contributed by atoms with van der Waals surface area (Å²) >= 11 is 2.19. The topological polar surface area (TPSA) is 9.23 Å². The lowest BCUT2D eigenvalue weighted by molar-refractivity contribution is -0.138. The fraction of sp³-hybridized carbons (Fsp3) is 0.0769. The van der Waals surface area contributed by atoms with Crippen LogP contribution in [0, 0.1) is 3.57 Å². The lowest BCUT2D eigenvalue weighted by Crippen LogP contribution is -2.05. The van der Waals surface area contributed by atoms with Gasteiger partial charge in [0.2, 0.25) is 0 Å². The van der Waals surface area contributed by atoms with Crippen LogP contribution in [0.5, 0.6) is 11.5 Å². The van der Waals surface area contributed by atoms with E-state index in [4.69, 9.17) is 4.74 Å². The zero-order valence-electron chi connectivity index (χ0n) is 17.6. The Balaban J connectivity index is 1.57. The maximum absolute atomic E-state index is 13.4. The van der Waals surface area contributed by atoms with Crippen LogP contribution >= 0.6 is 33.5 Å². The highest BCUT2D eigenvalue weighted by molar-refractivity contribution is 14.1. The van der Waals surface area contributed by atoms with Gasteiger partial charge in [-0.3, -0.25) is 0 Å². The van der Waals surface area contributed by atoms with E-state index in [0.717, 1.165) is 32.7 Å². The average molecular weight is 616 g/mol.